The second-order valence-electron chi connectivity index (χ2n) is 6.43. The van der Waals surface area contributed by atoms with Crippen molar-refractivity contribution in [1.29, 1.82) is 0 Å². The van der Waals surface area contributed by atoms with Crippen LogP contribution >= 0.6 is 11.8 Å². The highest BCUT2D eigenvalue weighted by Gasteiger charge is 2.19. The lowest BCUT2D eigenvalue weighted by molar-refractivity contribution is 0.129. The largest absolute Gasteiger partial charge is 0.494 e. The van der Waals surface area contributed by atoms with Gasteiger partial charge >= 0.3 is 0 Å². The molecule has 0 radical (unpaired) electrons. The summed E-state index contributed by atoms with van der Waals surface area (Å²) in [6, 6.07) is 15.1. The molecule has 0 spiro atoms. The van der Waals surface area contributed by atoms with Crippen LogP contribution in [0.1, 0.15) is 19.8 Å². The third kappa shape index (κ3) is 3.87. The highest BCUT2D eigenvalue weighted by Crippen LogP contribution is 2.26. The number of hydrogen-bond donors (Lipinski definition) is 0. The summed E-state index contributed by atoms with van der Waals surface area (Å²) in [5.74, 6) is 1.58. The second kappa shape index (κ2) is 8.15. The molecule has 5 nitrogen and oxygen atoms in total. The molecule has 0 saturated carbocycles. The summed E-state index contributed by atoms with van der Waals surface area (Å²) in [7, 11) is 0. The van der Waals surface area contributed by atoms with E-state index in [1.165, 1.54) is 0 Å². The first-order valence-corrected chi connectivity index (χ1v) is 10.2. The molecule has 0 amide bonds. The van der Waals surface area contributed by atoms with Crippen molar-refractivity contribution in [2.75, 3.05) is 19.0 Å². The molecule has 0 unspecified atom stereocenters. The number of thioether (sulfide) groups is 1. The molecule has 27 heavy (non-hydrogen) atoms. The monoisotopic (exact) mass is 382 g/mol. The van der Waals surface area contributed by atoms with Gasteiger partial charge in [-0.15, -0.1) is 0 Å². The molecular weight excluding hydrogens is 360 g/mol. The van der Waals surface area contributed by atoms with Gasteiger partial charge in [0.05, 0.1) is 29.3 Å². The molecule has 4 rings (SSSR count). The van der Waals surface area contributed by atoms with Crippen molar-refractivity contribution in [3.8, 4) is 11.4 Å². The Hall–Kier alpha value is -2.31. The standard InChI is InChI=1S/C21H22N2O3S/c1-2-25-16-11-9-15(10-12-16)23-20(24)18-7-3-4-8-19(18)22-21(23)27-14-17-6-5-13-26-17/h3-4,7-12,17H,2,5-6,13-14H2,1H3/t17-/m1/s1. The highest BCUT2D eigenvalue weighted by atomic mass is 32.2. The smallest absolute Gasteiger partial charge is 0.266 e. The minimum atomic E-state index is -0.0559. The predicted molar refractivity (Wildman–Crippen MR) is 108 cm³/mol. The zero-order valence-corrected chi connectivity index (χ0v) is 16.1. The minimum absolute atomic E-state index is 0.0559. The first kappa shape index (κ1) is 18.1. The molecular formula is C21H22N2O3S. The van der Waals surface area contributed by atoms with E-state index in [-0.39, 0.29) is 11.7 Å². The zero-order valence-electron chi connectivity index (χ0n) is 15.3. The lowest BCUT2D eigenvalue weighted by Crippen LogP contribution is -2.22. The van der Waals surface area contributed by atoms with Gasteiger partial charge in [0, 0.05) is 12.4 Å². The average molecular weight is 382 g/mol. The third-order valence-corrected chi connectivity index (χ3v) is 5.64. The van der Waals surface area contributed by atoms with Gasteiger partial charge in [0.25, 0.3) is 5.56 Å². The maximum Gasteiger partial charge on any atom is 0.266 e. The maximum absolute atomic E-state index is 13.2. The second-order valence-corrected chi connectivity index (χ2v) is 7.41. The molecule has 3 aromatic rings. The van der Waals surface area contributed by atoms with Gasteiger partial charge in [-0.3, -0.25) is 9.36 Å². The van der Waals surface area contributed by atoms with Crippen LogP contribution in [0.3, 0.4) is 0 Å². The Labute approximate surface area is 162 Å². The van der Waals surface area contributed by atoms with E-state index in [0.717, 1.165) is 42.2 Å². The fraction of sp³-hybridized carbons (Fsp3) is 0.333. The van der Waals surface area contributed by atoms with Crippen molar-refractivity contribution in [2.45, 2.75) is 31.0 Å². The van der Waals surface area contributed by atoms with Crippen LogP contribution in [0.5, 0.6) is 5.75 Å². The topological polar surface area (TPSA) is 53.4 Å². The maximum atomic E-state index is 13.2. The summed E-state index contributed by atoms with van der Waals surface area (Å²) < 4.78 is 12.9. The van der Waals surface area contributed by atoms with Gasteiger partial charge < -0.3 is 9.47 Å². The van der Waals surface area contributed by atoms with Gasteiger partial charge in [-0.25, -0.2) is 4.98 Å². The quantitative estimate of drug-likeness (QED) is 0.475. The molecule has 2 aromatic carbocycles. The van der Waals surface area contributed by atoms with E-state index in [4.69, 9.17) is 14.5 Å². The number of benzene rings is 2. The van der Waals surface area contributed by atoms with Crippen LogP contribution < -0.4 is 10.3 Å². The van der Waals surface area contributed by atoms with E-state index in [2.05, 4.69) is 0 Å². The van der Waals surface area contributed by atoms with Crippen LogP contribution in [0.2, 0.25) is 0 Å². The molecule has 140 valence electrons. The molecule has 6 heteroatoms. The number of rotatable bonds is 6. The molecule has 1 atom stereocenters. The molecule has 1 aromatic heterocycles. The molecule has 1 saturated heterocycles. The fourth-order valence-corrected chi connectivity index (χ4v) is 4.32. The Balaban J connectivity index is 1.76. The van der Waals surface area contributed by atoms with Gasteiger partial charge in [0.2, 0.25) is 0 Å². The Kier molecular flexibility index (Phi) is 5.45. The lowest BCUT2D eigenvalue weighted by atomic mass is 10.2. The predicted octanol–water partition coefficient (Wildman–Crippen LogP) is 4.06. The summed E-state index contributed by atoms with van der Waals surface area (Å²) in [4.78, 5) is 18.0. The number of para-hydroxylation sites is 1. The number of aromatic nitrogens is 2. The van der Waals surface area contributed by atoms with Crippen molar-refractivity contribution in [3.05, 3.63) is 58.9 Å². The van der Waals surface area contributed by atoms with Crippen molar-refractivity contribution in [2.24, 2.45) is 0 Å². The average Bonchev–Trinajstić information content (AvgIpc) is 3.21. The zero-order chi connectivity index (χ0) is 18.6. The van der Waals surface area contributed by atoms with E-state index in [9.17, 15) is 4.79 Å². The number of hydrogen-bond acceptors (Lipinski definition) is 5. The summed E-state index contributed by atoms with van der Waals surface area (Å²) in [5.41, 5.74) is 1.45. The Morgan fingerprint density at radius 3 is 2.78 bits per heavy atom. The van der Waals surface area contributed by atoms with Crippen LogP contribution in [0.25, 0.3) is 16.6 Å². The van der Waals surface area contributed by atoms with Crippen LogP contribution in [0, 0.1) is 0 Å². The van der Waals surface area contributed by atoms with E-state index < -0.39 is 0 Å². The van der Waals surface area contributed by atoms with Crippen LogP contribution in [0.4, 0.5) is 0 Å². The van der Waals surface area contributed by atoms with Gasteiger partial charge in [-0.1, -0.05) is 23.9 Å². The summed E-state index contributed by atoms with van der Waals surface area (Å²) in [6.45, 7) is 3.38. The fourth-order valence-electron chi connectivity index (χ4n) is 3.24. The highest BCUT2D eigenvalue weighted by molar-refractivity contribution is 7.99. The van der Waals surface area contributed by atoms with E-state index in [1.807, 2.05) is 55.5 Å². The lowest BCUT2D eigenvalue weighted by Gasteiger charge is -2.15. The minimum Gasteiger partial charge on any atom is -0.494 e. The molecule has 2 heterocycles. The molecule has 0 N–H and O–H groups in total. The summed E-state index contributed by atoms with van der Waals surface area (Å²) >= 11 is 1.58. The van der Waals surface area contributed by atoms with E-state index in [1.54, 1.807) is 16.3 Å². The SMILES string of the molecule is CCOc1ccc(-n2c(SC[C@H]3CCCO3)nc3ccccc3c2=O)cc1. The number of nitrogens with zero attached hydrogens (tertiary/aromatic N) is 2. The first-order valence-electron chi connectivity index (χ1n) is 9.25. The molecule has 1 aliphatic heterocycles. The molecule has 1 fully saturated rings. The van der Waals surface area contributed by atoms with Crippen molar-refractivity contribution in [1.82, 2.24) is 9.55 Å². The summed E-state index contributed by atoms with van der Waals surface area (Å²) in [5, 5.41) is 1.31. The van der Waals surface area contributed by atoms with Crippen molar-refractivity contribution in [3.63, 3.8) is 0 Å². The number of ether oxygens (including phenoxy) is 2. The van der Waals surface area contributed by atoms with Crippen LogP contribution in [-0.2, 0) is 4.74 Å². The van der Waals surface area contributed by atoms with E-state index in [0.29, 0.717) is 17.1 Å². The normalized spacial score (nSPS) is 16.7. The van der Waals surface area contributed by atoms with Crippen LogP contribution in [-0.4, -0.2) is 34.6 Å². The molecule has 0 aliphatic carbocycles. The first-order chi connectivity index (χ1) is 13.3. The Morgan fingerprint density at radius 1 is 1.22 bits per heavy atom. The van der Waals surface area contributed by atoms with Gasteiger partial charge in [0.1, 0.15) is 5.75 Å². The molecule has 0 bridgehead atoms. The van der Waals surface area contributed by atoms with E-state index >= 15 is 0 Å². The molecule has 1 aliphatic rings. The Morgan fingerprint density at radius 2 is 2.04 bits per heavy atom. The van der Waals surface area contributed by atoms with Gasteiger partial charge in [-0.2, -0.15) is 0 Å². The Bertz CT molecular complexity index is 979. The third-order valence-electron chi connectivity index (χ3n) is 4.57. The van der Waals surface area contributed by atoms with Crippen molar-refractivity contribution >= 4 is 22.7 Å². The summed E-state index contributed by atoms with van der Waals surface area (Å²) in [6.07, 6.45) is 2.39. The van der Waals surface area contributed by atoms with Crippen LogP contribution in [0.15, 0.2) is 58.5 Å². The van der Waals surface area contributed by atoms with Crippen molar-refractivity contribution < 1.29 is 9.47 Å². The number of fused-ring (bicyclic) bond motifs is 1. The van der Waals surface area contributed by atoms with Gasteiger partial charge in [-0.05, 0) is 56.2 Å². The van der Waals surface area contributed by atoms with Gasteiger partial charge in [0.15, 0.2) is 5.16 Å².